The van der Waals surface area contributed by atoms with E-state index in [1.165, 1.54) is 18.5 Å². The summed E-state index contributed by atoms with van der Waals surface area (Å²) in [6.45, 7) is 0. The van der Waals surface area contributed by atoms with Crippen molar-refractivity contribution in [1.82, 2.24) is 14.6 Å². The Hall–Kier alpha value is -3.03. The number of aromatic nitrogens is 3. The van der Waals surface area contributed by atoms with Gasteiger partial charge in [-0.15, -0.1) is 0 Å². The Morgan fingerprint density at radius 3 is 2.77 bits per heavy atom. The Labute approximate surface area is 148 Å². The lowest BCUT2D eigenvalue weighted by molar-refractivity contribution is 0.100. The van der Waals surface area contributed by atoms with E-state index < -0.39 is 18.0 Å². The molecule has 3 heterocycles. The highest BCUT2D eigenvalue weighted by molar-refractivity contribution is 6.02. The topological polar surface area (TPSA) is 85.3 Å². The van der Waals surface area contributed by atoms with Crippen LogP contribution in [0.25, 0.3) is 16.6 Å². The molecule has 0 unspecified atom stereocenters. The molecule has 4 rings (SSSR count). The quantitative estimate of drug-likeness (QED) is 0.703. The van der Waals surface area contributed by atoms with Crippen LogP contribution in [0.2, 0.25) is 0 Å². The van der Waals surface area contributed by atoms with Crippen molar-refractivity contribution in [2.24, 2.45) is 5.73 Å². The number of nitrogens with two attached hydrogens (primary N) is 1. The molecule has 0 aromatic carbocycles. The third-order valence-corrected chi connectivity index (χ3v) is 4.72. The number of hydrogen-bond donors (Lipinski definition) is 2. The fourth-order valence-electron chi connectivity index (χ4n) is 3.36. The first kappa shape index (κ1) is 16.4. The number of pyridine rings is 1. The van der Waals surface area contributed by atoms with Crippen molar-refractivity contribution < 1.29 is 13.6 Å². The number of halogens is 2. The molecule has 0 aliphatic heterocycles. The normalized spacial score (nSPS) is 19.8. The van der Waals surface area contributed by atoms with E-state index in [1.54, 1.807) is 22.8 Å². The molecule has 8 heteroatoms. The van der Waals surface area contributed by atoms with Crippen molar-refractivity contribution in [1.29, 1.82) is 0 Å². The van der Waals surface area contributed by atoms with E-state index in [2.05, 4.69) is 15.4 Å². The lowest BCUT2D eigenvalue weighted by atomic mass is 10.1. The lowest BCUT2D eigenvalue weighted by Gasteiger charge is -2.19. The van der Waals surface area contributed by atoms with Crippen molar-refractivity contribution in [3.05, 3.63) is 48.3 Å². The van der Waals surface area contributed by atoms with Gasteiger partial charge in [0.25, 0.3) is 5.91 Å². The fraction of sp³-hybridized carbons (Fsp3) is 0.278. The number of rotatable bonds is 4. The van der Waals surface area contributed by atoms with Crippen molar-refractivity contribution in [3.8, 4) is 11.1 Å². The van der Waals surface area contributed by atoms with Gasteiger partial charge in [0.05, 0.1) is 29.0 Å². The summed E-state index contributed by atoms with van der Waals surface area (Å²) >= 11 is 0. The second-order valence-corrected chi connectivity index (χ2v) is 6.42. The molecule has 3 N–H and O–H groups in total. The van der Waals surface area contributed by atoms with E-state index in [1.807, 2.05) is 0 Å². The molecule has 6 nitrogen and oxygen atoms in total. The van der Waals surface area contributed by atoms with Gasteiger partial charge in [-0.05, 0) is 37.5 Å². The van der Waals surface area contributed by atoms with E-state index in [9.17, 15) is 13.6 Å². The molecule has 0 bridgehead atoms. The summed E-state index contributed by atoms with van der Waals surface area (Å²) in [5.74, 6) is -1.20. The number of nitrogens with zero attached hydrogens (tertiary/aromatic N) is 3. The van der Waals surface area contributed by atoms with Gasteiger partial charge in [-0.2, -0.15) is 9.49 Å². The highest BCUT2D eigenvalue weighted by Gasteiger charge is 2.28. The van der Waals surface area contributed by atoms with Gasteiger partial charge in [0, 0.05) is 23.5 Å². The number of primary amides is 1. The van der Waals surface area contributed by atoms with Gasteiger partial charge in [0.2, 0.25) is 5.95 Å². The molecular weight excluding hydrogens is 340 g/mol. The predicted molar refractivity (Wildman–Crippen MR) is 93.1 cm³/mol. The summed E-state index contributed by atoms with van der Waals surface area (Å²) in [5.41, 5.74) is 8.19. The molecule has 0 saturated heterocycles. The first-order chi connectivity index (χ1) is 12.5. The van der Waals surface area contributed by atoms with Crippen LogP contribution in [-0.4, -0.2) is 32.7 Å². The molecule has 1 saturated carbocycles. The van der Waals surface area contributed by atoms with Crippen molar-refractivity contribution in [2.75, 3.05) is 5.32 Å². The molecule has 1 aliphatic rings. The van der Waals surface area contributed by atoms with Crippen molar-refractivity contribution in [2.45, 2.75) is 31.5 Å². The van der Waals surface area contributed by atoms with Crippen LogP contribution in [-0.2, 0) is 0 Å². The predicted octanol–water partition coefficient (Wildman–Crippen LogP) is 2.94. The zero-order valence-corrected chi connectivity index (χ0v) is 13.8. The van der Waals surface area contributed by atoms with E-state index >= 15 is 0 Å². The maximum atomic E-state index is 14.1. The zero-order valence-electron chi connectivity index (χ0n) is 13.8. The largest absolute Gasteiger partial charge is 0.377 e. The molecule has 1 amide bonds. The smallest absolute Gasteiger partial charge is 0.252 e. The minimum absolute atomic E-state index is 0.207. The number of fused-ring (bicyclic) bond motifs is 1. The zero-order chi connectivity index (χ0) is 18.3. The summed E-state index contributed by atoms with van der Waals surface area (Å²) in [7, 11) is 0. The molecule has 134 valence electrons. The molecule has 0 radical (unpaired) electrons. The van der Waals surface area contributed by atoms with E-state index in [0.29, 0.717) is 29.6 Å². The molecule has 1 fully saturated rings. The second kappa shape index (κ2) is 6.36. The molecular formula is C18H17F2N5O. The van der Waals surface area contributed by atoms with E-state index in [-0.39, 0.29) is 11.6 Å². The Bertz CT molecular complexity index is 970. The first-order valence-electron chi connectivity index (χ1n) is 8.36. The number of nitrogens with one attached hydrogen (secondary N) is 1. The van der Waals surface area contributed by atoms with Gasteiger partial charge in [-0.1, -0.05) is 0 Å². The van der Waals surface area contributed by atoms with Crippen LogP contribution >= 0.6 is 0 Å². The Morgan fingerprint density at radius 2 is 2.12 bits per heavy atom. The van der Waals surface area contributed by atoms with Gasteiger partial charge in [-0.3, -0.25) is 4.79 Å². The Kier molecular flexibility index (Phi) is 4.02. The van der Waals surface area contributed by atoms with Crippen LogP contribution in [0.1, 0.15) is 29.6 Å². The van der Waals surface area contributed by atoms with Crippen LogP contribution in [0.3, 0.4) is 0 Å². The van der Waals surface area contributed by atoms with Gasteiger partial charge >= 0.3 is 0 Å². The van der Waals surface area contributed by atoms with Crippen LogP contribution in [0.5, 0.6) is 0 Å². The van der Waals surface area contributed by atoms with Crippen LogP contribution in [0.15, 0.2) is 36.8 Å². The highest BCUT2D eigenvalue weighted by Crippen LogP contribution is 2.32. The number of amides is 1. The van der Waals surface area contributed by atoms with Crippen molar-refractivity contribution in [3.63, 3.8) is 0 Å². The molecule has 3 aromatic heterocycles. The first-order valence-corrected chi connectivity index (χ1v) is 8.36. The second-order valence-electron chi connectivity index (χ2n) is 6.42. The Balaban J connectivity index is 1.82. The molecule has 3 aromatic rings. The SMILES string of the molecule is NC(=O)c1cnn2cc(-c3ccc(F)nc3)cc2c1N[C@@H]1CCC[C@@H]1F. The third-order valence-electron chi connectivity index (χ3n) is 4.72. The molecule has 0 spiro atoms. The van der Waals surface area contributed by atoms with E-state index in [0.717, 1.165) is 12.0 Å². The summed E-state index contributed by atoms with van der Waals surface area (Å²) in [5, 5.41) is 7.35. The summed E-state index contributed by atoms with van der Waals surface area (Å²) in [4.78, 5) is 15.5. The average molecular weight is 357 g/mol. The summed E-state index contributed by atoms with van der Waals surface area (Å²) < 4.78 is 28.7. The van der Waals surface area contributed by atoms with Crippen LogP contribution in [0, 0.1) is 5.95 Å². The van der Waals surface area contributed by atoms with E-state index in [4.69, 9.17) is 5.73 Å². The number of carbonyl (C=O) groups excluding carboxylic acids is 1. The molecule has 26 heavy (non-hydrogen) atoms. The maximum Gasteiger partial charge on any atom is 0.252 e. The number of hydrogen-bond acceptors (Lipinski definition) is 4. The lowest BCUT2D eigenvalue weighted by Crippen LogP contribution is -2.27. The monoisotopic (exact) mass is 357 g/mol. The highest BCUT2D eigenvalue weighted by atomic mass is 19.1. The minimum Gasteiger partial charge on any atom is -0.377 e. The standard InChI is InChI=1S/C18H17F2N5O/c19-13-2-1-3-14(13)24-17-12(18(21)26)8-23-25-9-11(6-15(17)25)10-4-5-16(20)22-7-10/h4-9,13-14,24H,1-3H2,(H2,21,26)/t13-,14+/m0/s1. The van der Waals surface area contributed by atoms with Crippen molar-refractivity contribution >= 4 is 17.1 Å². The van der Waals surface area contributed by atoms with Crippen LogP contribution < -0.4 is 11.1 Å². The summed E-state index contributed by atoms with van der Waals surface area (Å²) in [6, 6.07) is 4.29. The average Bonchev–Trinajstić information content (AvgIpc) is 3.22. The maximum absolute atomic E-state index is 14.1. The van der Waals surface area contributed by atoms with Gasteiger partial charge in [0.1, 0.15) is 6.17 Å². The number of alkyl halides is 1. The minimum atomic E-state index is -0.973. The summed E-state index contributed by atoms with van der Waals surface area (Å²) in [6.07, 6.45) is 5.52. The van der Waals surface area contributed by atoms with Gasteiger partial charge < -0.3 is 11.1 Å². The van der Waals surface area contributed by atoms with Gasteiger partial charge in [-0.25, -0.2) is 13.9 Å². The molecule has 1 aliphatic carbocycles. The van der Waals surface area contributed by atoms with Gasteiger partial charge in [0.15, 0.2) is 0 Å². The molecule has 2 atom stereocenters. The fourth-order valence-corrected chi connectivity index (χ4v) is 3.36. The third kappa shape index (κ3) is 2.87. The van der Waals surface area contributed by atoms with Crippen LogP contribution in [0.4, 0.5) is 14.5 Å². The number of anilines is 1. The Morgan fingerprint density at radius 1 is 1.27 bits per heavy atom. The number of carbonyl (C=O) groups is 1.